The third-order valence-electron chi connectivity index (χ3n) is 2.77. The Bertz CT molecular complexity index is 263. The number of carbonyl (C=O) groups excluding carboxylic acids is 2. The van der Waals surface area contributed by atoms with Crippen LogP contribution in [0.25, 0.3) is 0 Å². The van der Waals surface area contributed by atoms with Gasteiger partial charge in [0.15, 0.2) is 0 Å². The van der Waals surface area contributed by atoms with Gasteiger partial charge in [-0.3, -0.25) is 14.5 Å². The summed E-state index contributed by atoms with van der Waals surface area (Å²) in [5.41, 5.74) is 5.13. The summed E-state index contributed by atoms with van der Waals surface area (Å²) < 4.78 is 5.03. The molecule has 1 saturated heterocycles. The first-order valence-electron chi connectivity index (χ1n) is 5.99. The molecule has 1 aliphatic heterocycles. The lowest BCUT2D eigenvalue weighted by Gasteiger charge is -2.31. The summed E-state index contributed by atoms with van der Waals surface area (Å²) in [4.78, 5) is 24.2. The van der Waals surface area contributed by atoms with Crippen LogP contribution in [-0.2, 0) is 14.3 Å². The highest BCUT2D eigenvalue weighted by Gasteiger charge is 2.21. The predicted octanol–water partition coefficient (Wildman–Crippen LogP) is -0.911. The number of amides is 2. The van der Waals surface area contributed by atoms with Crippen molar-refractivity contribution in [2.75, 3.05) is 32.8 Å². The van der Waals surface area contributed by atoms with E-state index < -0.39 is 0 Å². The molecule has 1 fully saturated rings. The lowest BCUT2D eigenvalue weighted by Crippen LogP contribution is -2.47. The van der Waals surface area contributed by atoms with E-state index in [2.05, 4.69) is 5.32 Å². The first-order valence-corrected chi connectivity index (χ1v) is 5.99. The van der Waals surface area contributed by atoms with E-state index >= 15 is 0 Å². The van der Waals surface area contributed by atoms with E-state index in [1.807, 2.05) is 11.8 Å². The van der Waals surface area contributed by atoms with Crippen LogP contribution in [0, 0.1) is 0 Å². The largest absolute Gasteiger partial charge is 0.372 e. The molecule has 0 spiro atoms. The van der Waals surface area contributed by atoms with Crippen molar-refractivity contribution in [1.82, 2.24) is 10.2 Å². The monoisotopic (exact) mass is 243 g/mol. The molecule has 0 radical (unpaired) electrons. The highest BCUT2D eigenvalue weighted by Crippen LogP contribution is 2.09. The maximum atomic E-state index is 11.4. The van der Waals surface area contributed by atoms with Crippen LogP contribution in [0.2, 0.25) is 0 Å². The topological polar surface area (TPSA) is 84.7 Å². The van der Waals surface area contributed by atoms with Gasteiger partial charge >= 0.3 is 0 Å². The molecule has 0 aromatic rings. The second-order valence-corrected chi connectivity index (χ2v) is 4.22. The Kier molecular flexibility index (Phi) is 5.93. The lowest BCUT2D eigenvalue weighted by molar-refractivity contribution is -0.127. The Labute approximate surface area is 101 Å². The van der Waals surface area contributed by atoms with Crippen molar-refractivity contribution in [3.05, 3.63) is 0 Å². The molecule has 17 heavy (non-hydrogen) atoms. The number of hydrogen-bond acceptors (Lipinski definition) is 4. The van der Waals surface area contributed by atoms with Crippen molar-refractivity contribution in [2.24, 2.45) is 5.73 Å². The second kappa shape index (κ2) is 7.24. The molecule has 6 heteroatoms. The molecular weight excluding hydrogens is 222 g/mol. The van der Waals surface area contributed by atoms with E-state index in [-0.39, 0.29) is 24.5 Å². The number of piperidine rings is 1. The average Bonchev–Trinajstić information content (AvgIpc) is 2.28. The SMILES string of the molecule is CCOCC(=O)NC1CCN(CC(N)=O)CC1. The van der Waals surface area contributed by atoms with Crippen molar-refractivity contribution in [3.8, 4) is 0 Å². The van der Waals surface area contributed by atoms with E-state index in [1.165, 1.54) is 0 Å². The van der Waals surface area contributed by atoms with Crippen LogP contribution in [0.3, 0.4) is 0 Å². The smallest absolute Gasteiger partial charge is 0.246 e. The minimum absolute atomic E-state index is 0.0693. The standard InChI is InChI=1S/C11H21N3O3/c1-2-17-8-11(16)13-9-3-5-14(6-4-9)7-10(12)15/h9H,2-8H2,1H3,(H2,12,15)(H,13,16). The molecule has 6 nitrogen and oxygen atoms in total. The van der Waals surface area contributed by atoms with Crippen LogP contribution in [0.5, 0.6) is 0 Å². The molecule has 98 valence electrons. The number of likely N-dealkylation sites (tertiary alicyclic amines) is 1. The fourth-order valence-corrected chi connectivity index (χ4v) is 1.92. The summed E-state index contributed by atoms with van der Waals surface area (Å²) in [5.74, 6) is -0.371. The molecule has 0 bridgehead atoms. The number of rotatable bonds is 6. The molecule has 0 aromatic carbocycles. The summed E-state index contributed by atoms with van der Waals surface area (Å²) in [5, 5.41) is 2.92. The van der Waals surface area contributed by atoms with E-state index in [1.54, 1.807) is 0 Å². The zero-order valence-electron chi connectivity index (χ0n) is 10.3. The Hall–Kier alpha value is -1.14. The van der Waals surface area contributed by atoms with Crippen molar-refractivity contribution < 1.29 is 14.3 Å². The first kappa shape index (κ1) is 13.9. The highest BCUT2D eigenvalue weighted by molar-refractivity contribution is 5.77. The molecule has 1 rings (SSSR count). The predicted molar refractivity (Wildman–Crippen MR) is 63.3 cm³/mol. The maximum Gasteiger partial charge on any atom is 0.246 e. The van der Waals surface area contributed by atoms with Gasteiger partial charge in [-0.2, -0.15) is 0 Å². The van der Waals surface area contributed by atoms with Gasteiger partial charge in [0.1, 0.15) is 6.61 Å². The number of nitrogens with one attached hydrogen (secondary N) is 1. The van der Waals surface area contributed by atoms with Gasteiger partial charge in [0.2, 0.25) is 11.8 Å². The Balaban J connectivity index is 2.18. The molecule has 0 saturated carbocycles. The van der Waals surface area contributed by atoms with Gasteiger partial charge in [0, 0.05) is 25.7 Å². The number of nitrogens with zero attached hydrogens (tertiary/aromatic N) is 1. The Morgan fingerprint density at radius 1 is 1.41 bits per heavy atom. The summed E-state index contributed by atoms with van der Waals surface area (Å²) >= 11 is 0. The fourth-order valence-electron chi connectivity index (χ4n) is 1.92. The van der Waals surface area contributed by atoms with Gasteiger partial charge in [0.25, 0.3) is 0 Å². The number of primary amides is 1. The number of nitrogens with two attached hydrogens (primary N) is 1. The van der Waals surface area contributed by atoms with E-state index in [0.717, 1.165) is 25.9 Å². The van der Waals surface area contributed by atoms with Gasteiger partial charge in [-0.05, 0) is 19.8 Å². The molecule has 0 aliphatic carbocycles. The van der Waals surface area contributed by atoms with E-state index in [0.29, 0.717) is 13.2 Å². The average molecular weight is 243 g/mol. The van der Waals surface area contributed by atoms with Crippen molar-refractivity contribution in [1.29, 1.82) is 0 Å². The van der Waals surface area contributed by atoms with Gasteiger partial charge in [-0.1, -0.05) is 0 Å². The fraction of sp³-hybridized carbons (Fsp3) is 0.818. The number of hydrogen-bond donors (Lipinski definition) is 2. The zero-order valence-corrected chi connectivity index (χ0v) is 10.3. The molecule has 0 aromatic heterocycles. The number of carbonyl (C=O) groups is 2. The quantitative estimate of drug-likeness (QED) is 0.632. The summed E-state index contributed by atoms with van der Waals surface area (Å²) in [6.45, 7) is 4.42. The summed E-state index contributed by atoms with van der Waals surface area (Å²) in [7, 11) is 0. The van der Waals surface area contributed by atoms with Gasteiger partial charge in [0.05, 0.1) is 6.54 Å². The van der Waals surface area contributed by atoms with Gasteiger partial charge in [-0.15, -0.1) is 0 Å². The summed E-state index contributed by atoms with van der Waals surface area (Å²) in [6, 6.07) is 0.187. The van der Waals surface area contributed by atoms with Crippen LogP contribution in [0.1, 0.15) is 19.8 Å². The normalized spacial score (nSPS) is 17.9. The van der Waals surface area contributed by atoms with Crippen molar-refractivity contribution in [3.63, 3.8) is 0 Å². The molecule has 0 unspecified atom stereocenters. The number of ether oxygens (including phenoxy) is 1. The molecule has 1 aliphatic rings. The van der Waals surface area contributed by atoms with Gasteiger partial charge < -0.3 is 15.8 Å². The molecular formula is C11H21N3O3. The molecule has 0 atom stereocenters. The van der Waals surface area contributed by atoms with Crippen LogP contribution in [0.15, 0.2) is 0 Å². The summed E-state index contributed by atoms with van der Waals surface area (Å²) in [6.07, 6.45) is 1.70. The molecule has 1 heterocycles. The molecule has 3 N–H and O–H groups in total. The van der Waals surface area contributed by atoms with Crippen LogP contribution in [-0.4, -0.2) is 55.6 Å². The lowest BCUT2D eigenvalue weighted by atomic mass is 10.1. The minimum atomic E-state index is -0.302. The Morgan fingerprint density at radius 3 is 2.59 bits per heavy atom. The first-order chi connectivity index (χ1) is 8.11. The van der Waals surface area contributed by atoms with Crippen LogP contribution >= 0.6 is 0 Å². The van der Waals surface area contributed by atoms with Crippen molar-refractivity contribution in [2.45, 2.75) is 25.8 Å². The van der Waals surface area contributed by atoms with E-state index in [4.69, 9.17) is 10.5 Å². The van der Waals surface area contributed by atoms with Crippen LogP contribution in [0.4, 0.5) is 0 Å². The van der Waals surface area contributed by atoms with Gasteiger partial charge in [-0.25, -0.2) is 0 Å². The Morgan fingerprint density at radius 2 is 2.06 bits per heavy atom. The highest BCUT2D eigenvalue weighted by atomic mass is 16.5. The second-order valence-electron chi connectivity index (χ2n) is 4.22. The van der Waals surface area contributed by atoms with Crippen molar-refractivity contribution >= 4 is 11.8 Å². The van der Waals surface area contributed by atoms with E-state index in [9.17, 15) is 9.59 Å². The molecule has 2 amide bonds. The minimum Gasteiger partial charge on any atom is -0.372 e. The third-order valence-corrected chi connectivity index (χ3v) is 2.77. The third kappa shape index (κ3) is 5.65. The zero-order chi connectivity index (χ0) is 12.7. The van der Waals surface area contributed by atoms with Crippen LogP contribution < -0.4 is 11.1 Å². The maximum absolute atomic E-state index is 11.4.